The van der Waals surface area contributed by atoms with Crippen molar-refractivity contribution in [1.29, 1.82) is 0 Å². The highest BCUT2D eigenvalue weighted by Gasteiger charge is 2.34. The van der Waals surface area contributed by atoms with E-state index in [9.17, 15) is 9.59 Å². The van der Waals surface area contributed by atoms with Crippen LogP contribution in [-0.2, 0) is 4.79 Å². The largest absolute Gasteiger partial charge is 0.454 e. The van der Waals surface area contributed by atoms with Gasteiger partial charge in [-0.2, -0.15) is 0 Å². The first-order valence-corrected chi connectivity index (χ1v) is 7.25. The van der Waals surface area contributed by atoms with Crippen molar-refractivity contribution in [1.82, 2.24) is 4.90 Å². The molecule has 1 aromatic carbocycles. The molecular formula is C14H10ClNO4S. The molecule has 7 heteroatoms. The Morgan fingerprint density at radius 2 is 2.05 bits per heavy atom. The van der Waals surface area contributed by atoms with Crippen LogP contribution in [0.5, 0.6) is 11.5 Å². The lowest BCUT2D eigenvalue weighted by Crippen LogP contribution is -2.27. The second-order valence-corrected chi connectivity index (χ2v) is 5.71. The number of benzene rings is 1. The van der Waals surface area contributed by atoms with Crippen LogP contribution in [0.4, 0.5) is 4.79 Å². The Bertz CT molecular complexity index is 686. The maximum atomic E-state index is 12.1. The molecule has 0 spiro atoms. The molecule has 0 bridgehead atoms. The predicted molar refractivity (Wildman–Crippen MR) is 80.4 cm³/mol. The lowest BCUT2D eigenvalue weighted by Gasteiger charge is -2.08. The summed E-state index contributed by atoms with van der Waals surface area (Å²) in [6.07, 6.45) is 3.09. The van der Waals surface area contributed by atoms with Crippen molar-refractivity contribution in [3.8, 4) is 11.5 Å². The Hall–Kier alpha value is -1.92. The molecule has 2 aliphatic heterocycles. The highest BCUT2D eigenvalue weighted by Crippen LogP contribution is 2.39. The smallest absolute Gasteiger partial charge is 0.293 e. The zero-order valence-corrected chi connectivity index (χ0v) is 12.4. The van der Waals surface area contributed by atoms with Crippen molar-refractivity contribution in [3.05, 3.63) is 40.3 Å². The number of imide groups is 1. The molecule has 0 unspecified atom stereocenters. The van der Waals surface area contributed by atoms with Crippen LogP contribution in [0.2, 0.25) is 5.02 Å². The molecule has 2 amide bonds. The normalized spacial score (nSPS) is 18.7. The summed E-state index contributed by atoms with van der Waals surface area (Å²) in [5, 5.41) is 0.109. The third kappa shape index (κ3) is 2.52. The summed E-state index contributed by atoms with van der Waals surface area (Å²) >= 11 is 7.03. The first-order chi connectivity index (χ1) is 10.1. The highest BCUT2D eigenvalue weighted by molar-refractivity contribution is 8.18. The van der Waals surface area contributed by atoms with Gasteiger partial charge in [0.15, 0.2) is 11.5 Å². The van der Waals surface area contributed by atoms with Crippen LogP contribution >= 0.6 is 23.4 Å². The van der Waals surface area contributed by atoms with E-state index in [1.165, 1.54) is 6.08 Å². The molecule has 0 atom stereocenters. The molecule has 3 rings (SSSR count). The number of halogens is 1. The van der Waals surface area contributed by atoms with Crippen LogP contribution in [-0.4, -0.2) is 29.4 Å². The van der Waals surface area contributed by atoms with Crippen LogP contribution in [0, 0.1) is 0 Å². The number of nitrogens with zero attached hydrogens (tertiary/aromatic N) is 1. The molecule has 2 aliphatic rings. The Morgan fingerprint density at radius 1 is 1.33 bits per heavy atom. The average Bonchev–Trinajstić information content (AvgIpc) is 2.99. The van der Waals surface area contributed by atoms with Crippen LogP contribution in [0.3, 0.4) is 0 Å². The number of thioether (sulfide) groups is 1. The second kappa shape index (κ2) is 5.46. The van der Waals surface area contributed by atoms with E-state index in [1.807, 2.05) is 0 Å². The van der Waals surface area contributed by atoms with E-state index in [1.54, 1.807) is 18.2 Å². The van der Waals surface area contributed by atoms with E-state index >= 15 is 0 Å². The molecule has 0 aromatic heterocycles. The molecule has 0 aliphatic carbocycles. The van der Waals surface area contributed by atoms with Gasteiger partial charge >= 0.3 is 0 Å². The Balaban J connectivity index is 1.94. The first kappa shape index (κ1) is 14.0. The minimum atomic E-state index is -0.348. The van der Waals surface area contributed by atoms with Gasteiger partial charge in [-0.25, -0.2) is 0 Å². The third-order valence-corrected chi connectivity index (χ3v) is 4.20. The van der Waals surface area contributed by atoms with Crippen molar-refractivity contribution in [3.63, 3.8) is 0 Å². The first-order valence-electron chi connectivity index (χ1n) is 6.05. The number of hydrogen-bond donors (Lipinski definition) is 0. The van der Waals surface area contributed by atoms with Gasteiger partial charge < -0.3 is 9.47 Å². The molecule has 1 fully saturated rings. The summed E-state index contributed by atoms with van der Waals surface area (Å²) in [4.78, 5) is 25.3. The van der Waals surface area contributed by atoms with Gasteiger partial charge in [-0.3, -0.25) is 14.5 Å². The summed E-state index contributed by atoms with van der Waals surface area (Å²) < 4.78 is 10.5. The molecule has 2 heterocycles. The lowest BCUT2D eigenvalue weighted by atomic mass is 10.2. The maximum absolute atomic E-state index is 12.1. The molecule has 0 N–H and O–H groups in total. The van der Waals surface area contributed by atoms with E-state index in [2.05, 4.69) is 6.58 Å². The van der Waals surface area contributed by atoms with Crippen molar-refractivity contribution in [2.45, 2.75) is 0 Å². The molecule has 108 valence electrons. The van der Waals surface area contributed by atoms with Gasteiger partial charge in [0.05, 0.1) is 9.93 Å². The standard InChI is InChI=1S/C14H10ClNO4S/c1-2-3-16-13(17)12(21-14(16)18)5-8-4-10-11(6-9(8)15)20-7-19-10/h2,4-6H,1,3,7H2/b12-5+. The van der Waals surface area contributed by atoms with Crippen LogP contribution in [0.25, 0.3) is 6.08 Å². The van der Waals surface area contributed by atoms with Crippen molar-refractivity contribution >= 4 is 40.6 Å². The summed E-state index contributed by atoms with van der Waals surface area (Å²) in [5.74, 6) is 0.784. The molecule has 1 saturated heterocycles. The number of rotatable bonds is 3. The summed E-state index contributed by atoms with van der Waals surface area (Å²) in [7, 11) is 0. The fourth-order valence-corrected chi connectivity index (χ4v) is 3.02. The lowest BCUT2D eigenvalue weighted by molar-refractivity contribution is -0.122. The van der Waals surface area contributed by atoms with Gasteiger partial charge in [0.25, 0.3) is 11.1 Å². The molecule has 21 heavy (non-hydrogen) atoms. The van der Waals surface area contributed by atoms with Gasteiger partial charge in [-0.1, -0.05) is 17.7 Å². The number of carbonyl (C=O) groups is 2. The number of ether oxygens (including phenoxy) is 2. The average molecular weight is 324 g/mol. The number of fused-ring (bicyclic) bond motifs is 1. The number of carbonyl (C=O) groups excluding carboxylic acids is 2. The van der Waals surface area contributed by atoms with Gasteiger partial charge in [-0.15, -0.1) is 6.58 Å². The van der Waals surface area contributed by atoms with E-state index in [-0.39, 0.29) is 24.5 Å². The summed E-state index contributed by atoms with van der Waals surface area (Å²) in [5.41, 5.74) is 0.602. The molecule has 5 nitrogen and oxygen atoms in total. The molecule has 0 radical (unpaired) electrons. The van der Waals surface area contributed by atoms with Gasteiger partial charge in [0.1, 0.15) is 0 Å². The summed E-state index contributed by atoms with van der Waals surface area (Å²) in [6.45, 7) is 3.86. The van der Waals surface area contributed by atoms with E-state index < -0.39 is 0 Å². The van der Waals surface area contributed by atoms with Crippen molar-refractivity contribution in [2.75, 3.05) is 13.3 Å². The van der Waals surface area contributed by atoms with E-state index in [0.29, 0.717) is 27.0 Å². The molecule has 0 saturated carbocycles. The fraction of sp³-hybridized carbons (Fsp3) is 0.143. The van der Waals surface area contributed by atoms with Crippen molar-refractivity contribution < 1.29 is 19.1 Å². The van der Waals surface area contributed by atoms with Gasteiger partial charge in [0.2, 0.25) is 6.79 Å². The Kier molecular flexibility index (Phi) is 3.65. The highest BCUT2D eigenvalue weighted by atomic mass is 35.5. The van der Waals surface area contributed by atoms with Crippen LogP contribution in [0.1, 0.15) is 5.56 Å². The minimum absolute atomic E-state index is 0.144. The predicted octanol–water partition coefficient (Wildman–Crippen LogP) is 3.29. The third-order valence-electron chi connectivity index (χ3n) is 2.96. The Labute approximate surface area is 130 Å². The van der Waals surface area contributed by atoms with E-state index in [0.717, 1.165) is 16.7 Å². The monoisotopic (exact) mass is 323 g/mol. The topological polar surface area (TPSA) is 55.8 Å². The van der Waals surface area contributed by atoms with Gasteiger partial charge in [-0.05, 0) is 29.5 Å². The van der Waals surface area contributed by atoms with Crippen LogP contribution < -0.4 is 9.47 Å². The summed E-state index contributed by atoms with van der Waals surface area (Å²) in [6, 6.07) is 3.32. The zero-order chi connectivity index (χ0) is 15.0. The maximum Gasteiger partial charge on any atom is 0.293 e. The number of amides is 2. The fourth-order valence-electron chi connectivity index (χ4n) is 1.97. The SMILES string of the molecule is C=CCN1C(=O)S/C(=C/c2cc3c(cc2Cl)OCO3)C1=O. The molecular weight excluding hydrogens is 314 g/mol. The van der Waals surface area contributed by atoms with Crippen molar-refractivity contribution in [2.24, 2.45) is 0 Å². The quantitative estimate of drug-likeness (QED) is 0.631. The molecule has 1 aromatic rings. The minimum Gasteiger partial charge on any atom is -0.454 e. The Morgan fingerprint density at radius 3 is 2.76 bits per heavy atom. The van der Waals surface area contributed by atoms with Crippen LogP contribution in [0.15, 0.2) is 29.7 Å². The number of hydrogen-bond acceptors (Lipinski definition) is 5. The zero-order valence-electron chi connectivity index (χ0n) is 10.8. The van der Waals surface area contributed by atoms with E-state index in [4.69, 9.17) is 21.1 Å². The second-order valence-electron chi connectivity index (χ2n) is 4.31. The van der Waals surface area contributed by atoms with Gasteiger partial charge in [0, 0.05) is 12.6 Å².